The summed E-state index contributed by atoms with van der Waals surface area (Å²) in [6, 6.07) is 14.4. The Balaban J connectivity index is 2.13. The van der Waals surface area contributed by atoms with Crippen molar-refractivity contribution in [1.29, 1.82) is 0 Å². The van der Waals surface area contributed by atoms with Gasteiger partial charge in [0.1, 0.15) is 12.1 Å². The summed E-state index contributed by atoms with van der Waals surface area (Å²) in [6.07, 6.45) is 2.33. The Kier molecular flexibility index (Phi) is 5.03. The number of aldehydes is 1. The molecule has 0 spiro atoms. The Morgan fingerprint density at radius 2 is 1.88 bits per heavy atom. The van der Waals surface area contributed by atoms with Crippen molar-refractivity contribution >= 4 is 17.1 Å². The number of ether oxygens (including phenoxy) is 1. The van der Waals surface area contributed by atoms with Crippen molar-refractivity contribution < 1.29 is 13.9 Å². The fourth-order valence-corrected chi connectivity index (χ4v) is 3.39. The highest BCUT2D eigenvalue weighted by Gasteiger charge is 2.32. The van der Waals surface area contributed by atoms with Crippen LogP contribution in [0.3, 0.4) is 0 Å². The van der Waals surface area contributed by atoms with E-state index in [0.717, 1.165) is 22.8 Å². The van der Waals surface area contributed by atoms with Crippen molar-refractivity contribution in [3.8, 4) is 17.1 Å². The molecule has 0 atom stereocenters. The number of halogens is 1. The number of hydrogen-bond acceptors (Lipinski definition) is 3. The molecule has 0 aliphatic heterocycles. The summed E-state index contributed by atoms with van der Waals surface area (Å²) in [4.78, 5) is 16.4. The van der Waals surface area contributed by atoms with Gasteiger partial charge < -0.3 is 9.53 Å². The SMILES string of the molecule is CCC(C=O)(CC)c1ccc(-c2ccc3cccc(F)c3c2)nc1OC. The van der Waals surface area contributed by atoms with Crippen LogP contribution < -0.4 is 4.74 Å². The van der Waals surface area contributed by atoms with E-state index in [2.05, 4.69) is 4.98 Å². The maximum Gasteiger partial charge on any atom is 0.217 e. The van der Waals surface area contributed by atoms with E-state index in [0.29, 0.717) is 29.8 Å². The molecule has 3 rings (SSSR count). The van der Waals surface area contributed by atoms with E-state index in [1.54, 1.807) is 19.2 Å². The first-order valence-corrected chi connectivity index (χ1v) is 8.79. The highest BCUT2D eigenvalue weighted by atomic mass is 19.1. The number of benzene rings is 2. The van der Waals surface area contributed by atoms with Crippen molar-refractivity contribution in [3.63, 3.8) is 0 Å². The maximum absolute atomic E-state index is 14.1. The molecule has 0 aliphatic carbocycles. The van der Waals surface area contributed by atoms with Crippen LogP contribution in [-0.4, -0.2) is 18.4 Å². The molecule has 0 radical (unpaired) electrons. The average molecular weight is 351 g/mol. The molecule has 0 unspecified atom stereocenters. The third-order valence-corrected chi connectivity index (χ3v) is 5.20. The van der Waals surface area contributed by atoms with Crippen LogP contribution in [0.15, 0.2) is 48.5 Å². The van der Waals surface area contributed by atoms with Crippen molar-refractivity contribution in [3.05, 3.63) is 59.9 Å². The number of carbonyl (C=O) groups is 1. The van der Waals surface area contributed by atoms with E-state index in [1.165, 1.54) is 6.07 Å². The summed E-state index contributed by atoms with van der Waals surface area (Å²) in [5.74, 6) is 0.178. The lowest BCUT2D eigenvalue weighted by Crippen LogP contribution is -2.27. The number of rotatable bonds is 6. The monoisotopic (exact) mass is 351 g/mol. The van der Waals surface area contributed by atoms with Gasteiger partial charge in [-0.2, -0.15) is 0 Å². The summed E-state index contributed by atoms with van der Waals surface area (Å²) < 4.78 is 19.6. The van der Waals surface area contributed by atoms with Crippen LogP contribution in [0.25, 0.3) is 22.0 Å². The van der Waals surface area contributed by atoms with E-state index < -0.39 is 5.41 Å². The fourth-order valence-electron chi connectivity index (χ4n) is 3.39. The molecule has 0 fully saturated rings. The zero-order valence-corrected chi connectivity index (χ0v) is 15.3. The number of carbonyl (C=O) groups excluding carboxylic acids is 1. The predicted octanol–water partition coefficient (Wildman–Crippen LogP) is 5.31. The number of methoxy groups -OCH3 is 1. The van der Waals surface area contributed by atoms with E-state index in [9.17, 15) is 9.18 Å². The summed E-state index contributed by atoms with van der Waals surface area (Å²) in [5.41, 5.74) is 1.67. The smallest absolute Gasteiger partial charge is 0.217 e. The van der Waals surface area contributed by atoms with Crippen LogP contribution in [-0.2, 0) is 10.2 Å². The highest BCUT2D eigenvalue weighted by Crippen LogP contribution is 2.36. The molecule has 0 bridgehead atoms. The van der Waals surface area contributed by atoms with Crippen molar-refractivity contribution in [1.82, 2.24) is 4.98 Å². The molecule has 26 heavy (non-hydrogen) atoms. The fraction of sp³-hybridized carbons (Fsp3) is 0.273. The molecule has 0 saturated heterocycles. The molecule has 134 valence electrons. The largest absolute Gasteiger partial charge is 0.481 e. The van der Waals surface area contributed by atoms with Crippen LogP contribution in [0.1, 0.15) is 32.3 Å². The Labute approximate surface area is 152 Å². The lowest BCUT2D eigenvalue weighted by Gasteiger charge is -2.27. The van der Waals surface area contributed by atoms with Gasteiger partial charge in [-0.05, 0) is 36.4 Å². The topological polar surface area (TPSA) is 39.2 Å². The maximum atomic E-state index is 14.1. The van der Waals surface area contributed by atoms with Crippen LogP contribution >= 0.6 is 0 Å². The number of aromatic nitrogens is 1. The molecule has 1 aromatic heterocycles. The zero-order valence-electron chi connectivity index (χ0n) is 15.3. The zero-order chi connectivity index (χ0) is 18.7. The summed E-state index contributed by atoms with van der Waals surface area (Å²) >= 11 is 0. The number of fused-ring (bicyclic) bond motifs is 1. The highest BCUT2D eigenvalue weighted by molar-refractivity contribution is 5.87. The molecule has 4 heteroatoms. The Morgan fingerprint density at radius 3 is 2.54 bits per heavy atom. The first kappa shape index (κ1) is 18.1. The Hall–Kier alpha value is -2.75. The normalized spacial score (nSPS) is 11.5. The second-order valence-electron chi connectivity index (χ2n) is 6.41. The first-order valence-electron chi connectivity index (χ1n) is 8.79. The van der Waals surface area contributed by atoms with E-state index in [4.69, 9.17) is 4.74 Å². The van der Waals surface area contributed by atoms with E-state index in [1.807, 2.05) is 44.2 Å². The summed E-state index contributed by atoms with van der Waals surface area (Å²) in [6.45, 7) is 3.97. The Bertz CT molecular complexity index is 948. The molecule has 0 aliphatic rings. The van der Waals surface area contributed by atoms with Gasteiger partial charge in [0.15, 0.2) is 0 Å². The number of nitrogens with zero attached hydrogens (tertiary/aromatic N) is 1. The van der Waals surface area contributed by atoms with Crippen LogP contribution in [0.2, 0.25) is 0 Å². The molecule has 1 heterocycles. The molecular weight excluding hydrogens is 329 g/mol. The lowest BCUT2D eigenvalue weighted by atomic mass is 9.77. The minimum absolute atomic E-state index is 0.259. The summed E-state index contributed by atoms with van der Waals surface area (Å²) in [5, 5.41) is 1.40. The van der Waals surface area contributed by atoms with Gasteiger partial charge in [-0.3, -0.25) is 0 Å². The van der Waals surface area contributed by atoms with Gasteiger partial charge >= 0.3 is 0 Å². The van der Waals surface area contributed by atoms with Gasteiger partial charge in [-0.1, -0.05) is 44.2 Å². The molecule has 3 nitrogen and oxygen atoms in total. The molecule has 2 aromatic carbocycles. The lowest BCUT2D eigenvalue weighted by molar-refractivity contribution is -0.112. The standard InChI is InChI=1S/C22H22FNO2/c1-4-22(5-2,14-25)18-11-12-20(24-21(18)26-3)16-10-9-15-7-6-8-19(23)17(15)13-16/h6-14H,4-5H2,1-3H3. The third kappa shape index (κ3) is 2.96. The second kappa shape index (κ2) is 7.24. The van der Waals surface area contributed by atoms with Gasteiger partial charge in [0.05, 0.1) is 18.2 Å². The van der Waals surface area contributed by atoms with Crippen molar-refractivity contribution in [2.75, 3.05) is 7.11 Å². The van der Waals surface area contributed by atoms with Crippen molar-refractivity contribution in [2.24, 2.45) is 0 Å². The van der Waals surface area contributed by atoms with Crippen LogP contribution in [0.5, 0.6) is 5.88 Å². The molecule has 3 aromatic rings. The minimum atomic E-state index is -0.605. The predicted molar refractivity (Wildman–Crippen MR) is 102 cm³/mol. The third-order valence-electron chi connectivity index (χ3n) is 5.20. The minimum Gasteiger partial charge on any atom is -0.481 e. The molecule has 0 N–H and O–H groups in total. The van der Waals surface area contributed by atoms with Crippen LogP contribution in [0.4, 0.5) is 4.39 Å². The Morgan fingerprint density at radius 1 is 1.12 bits per heavy atom. The van der Waals surface area contributed by atoms with E-state index >= 15 is 0 Å². The number of pyridine rings is 1. The molecule has 0 saturated carbocycles. The molecule has 0 amide bonds. The van der Waals surface area contributed by atoms with Gasteiger partial charge in [-0.25, -0.2) is 9.37 Å². The van der Waals surface area contributed by atoms with E-state index in [-0.39, 0.29) is 5.82 Å². The van der Waals surface area contributed by atoms with Gasteiger partial charge in [0.25, 0.3) is 0 Å². The second-order valence-corrected chi connectivity index (χ2v) is 6.41. The van der Waals surface area contributed by atoms with Gasteiger partial charge in [0, 0.05) is 16.5 Å². The quantitative estimate of drug-likeness (QED) is 0.565. The molecular formula is C22H22FNO2. The number of hydrogen-bond donors (Lipinski definition) is 0. The first-order chi connectivity index (χ1) is 12.6. The average Bonchev–Trinajstić information content (AvgIpc) is 2.70. The van der Waals surface area contributed by atoms with Crippen LogP contribution in [0, 0.1) is 5.82 Å². The summed E-state index contributed by atoms with van der Waals surface area (Å²) in [7, 11) is 1.55. The van der Waals surface area contributed by atoms with Gasteiger partial charge in [-0.15, -0.1) is 0 Å². The van der Waals surface area contributed by atoms with Gasteiger partial charge in [0.2, 0.25) is 5.88 Å². The van der Waals surface area contributed by atoms with Crippen molar-refractivity contribution in [2.45, 2.75) is 32.1 Å².